The van der Waals surface area contributed by atoms with Crippen molar-refractivity contribution in [1.29, 1.82) is 0 Å². The zero-order valence-corrected chi connectivity index (χ0v) is 19.7. The number of hydrogen-bond acceptors (Lipinski definition) is 6. The number of carbonyl (C=O) groups is 2. The second-order valence-electron chi connectivity index (χ2n) is 8.03. The highest BCUT2D eigenvalue weighted by Gasteiger charge is 2.25. The molecule has 3 aromatic carbocycles. The first kappa shape index (κ1) is 23.0. The minimum Gasteiger partial charge on any atom is -0.486 e. The Kier molecular flexibility index (Phi) is 6.57. The molecule has 1 N–H and O–H groups in total. The Morgan fingerprint density at radius 2 is 1.69 bits per heavy atom. The normalized spacial score (nSPS) is 10.9. The molecule has 180 valence electrons. The number of aromatic nitrogens is 3. The van der Waals surface area contributed by atoms with Gasteiger partial charge in [-0.3, -0.25) is 9.59 Å². The van der Waals surface area contributed by atoms with Gasteiger partial charge in [0.15, 0.2) is 17.1 Å². The number of rotatable bonds is 8. The number of fused-ring (bicyclic) bond motifs is 3. The first-order valence-corrected chi connectivity index (χ1v) is 11.6. The third-order valence-electron chi connectivity index (χ3n) is 5.73. The molecule has 0 saturated heterocycles. The van der Waals surface area contributed by atoms with E-state index in [0.29, 0.717) is 16.8 Å². The van der Waals surface area contributed by atoms with Gasteiger partial charge in [-0.1, -0.05) is 78.9 Å². The molecule has 0 radical (unpaired) electrons. The zero-order chi connectivity index (χ0) is 24.9. The summed E-state index contributed by atoms with van der Waals surface area (Å²) in [6.45, 7) is 1.90. The van der Waals surface area contributed by atoms with Crippen LogP contribution < -0.4 is 10.1 Å². The smallest absolute Gasteiger partial charge is 0.325 e. The van der Waals surface area contributed by atoms with Gasteiger partial charge in [-0.15, -0.1) is 0 Å². The van der Waals surface area contributed by atoms with Crippen molar-refractivity contribution >= 4 is 28.3 Å². The van der Waals surface area contributed by atoms with Crippen LogP contribution in [0.1, 0.15) is 23.0 Å². The largest absolute Gasteiger partial charge is 0.486 e. The van der Waals surface area contributed by atoms with E-state index in [4.69, 9.17) is 9.47 Å². The molecular formula is C28H24N4O4. The van der Waals surface area contributed by atoms with E-state index in [-0.39, 0.29) is 25.5 Å². The third kappa shape index (κ3) is 4.48. The lowest BCUT2D eigenvalue weighted by molar-refractivity contribution is -0.141. The summed E-state index contributed by atoms with van der Waals surface area (Å²) in [6, 6.07) is 25.5. The lowest BCUT2D eigenvalue weighted by Crippen LogP contribution is -2.32. The minimum absolute atomic E-state index is 0.153. The maximum absolute atomic E-state index is 13.4. The van der Waals surface area contributed by atoms with Crippen LogP contribution in [0.3, 0.4) is 0 Å². The van der Waals surface area contributed by atoms with Crippen LogP contribution in [0, 0.1) is 0 Å². The fourth-order valence-electron chi connectivity index (χ4n) is 4.16. The Labute approximate surface area is 207 Å². The molecule has 0 aliphatic carbocycles. The minimum atomic E-state index is -0.528. The summed E-state index contributed by atoms with van der Waals surface area (Å²) in [7, 11) is 0. The molecule has 5 rings (SSSR count). The van der Waals surface area contributed by atoms with Crippen molar-refractivity contribution in [2.75, 3.05) is 13.2 Å². The number of ether oxygens (including phenoxy) is 2. The van der Waals surface area contributed by atoms with Gasteiger partial charge >= 0.3 is 5.97 Å². The molecule has 2 heterocycles. The van der Waals surface area contributed by atoms with Crippen LogP contribution in [0.2, 0.25) is 0 Å². The van der Waals surface area contributed by atoms with Crippen LogP contribution in [0.25, 0.3) is 27.5 Å². The van der Waals surface area contributed by atoms with Crippen molar-refractivity contribution in [3.63, 3.8) is 0 Å². The summed E-state index contributed by atoms with van der Waals surface area (Å²) >= 11 is 0. The molecule has 0 atom stereocenters. The maximum atomic E-state index is 13.4. The maximum Gasteiger partial charge on any atom is 0.325 e. The van der Waals surface area contributed by atoms with Gasteiger partial charge in [0.05, 0.1) is 6.61 Å². The van der Waals surface area contributed by atoms with E-state index in [1.807, 2.05) is 78.9 Å². The number of carbonyl (C=O) groups excluding carboxylic acids is 2. The monoisotopic (exact) mass is 480 g/mol. The van der Waals surface area contributed by atoms with Crippen LogP contribution in [-0.2, 0) is 16.1 Å². The first-order chi connectivity index (χ1) is 17.7. The Morgan fingerprint density at radius 1 is 0.944 bits per heavy atom. The molecule has 0 aliphatic heterocycles. The predicted molar refractivity (Wildman–Crippen MR) is 136 cm³/mol. The molecule has 0 spiro atoms. The summed E-state index contributed by atoms with van der Waals surface area (Å²) in [5.74, 6) is -0.695. The van der Waals surface area contributed by atoms with E-state index in [9.17, 15) is 9.59 Å². The van der Waals surface area contributed by atoms with Crippen molar-refractivity contribution < 1.29 is 19.1 Å². The second kappa shape index (κ2) is 10.3. The fourth-order valence-corrected chi connectivity index (χ4v) is 4.16. The molecule has 8 heteroatoms. The van der Waals surface area contributed by atoms with Gasteiger partial charge < -0.3 is 14.8 Å². The highest BCUT2D eigenvalue weighted by molar-refractivity contribution is 6.12. The number of nitrogens with zero attached hydrogens (tertiary/aromatic N) is 3. The molecule has 0 saturated carbocycles. The highest BCUT2D eigenvalue weighted by atomic mass is 16.5. The Morgan fingerprint density at radius 3 is 2.44 bits per heavy atom. The van der Waals surface area contributed by atoms with Gasteiger partial charge in [-0.25, -0.2) is 9.50 Å². The van der Waals surface area contributed by atoms with E-state index in [1.165, 1.54) is 10.8 Å². The second-order valence-corrected chi connectivity index (χ2v) is 8.03. The zero-order valence-electron chi connectivity index (χ0n) is 19.7. The van der Waals surface area contributed by atoms with Crippen LogP contribution in [0.4, 0.5) is 0 Å². The number of nitrogens with one attached hydrogen (secondary N) is 1. The van der Waals surface area contributed by atoms with Gasteiger partial charge in [-0.05, 0) is 23.6 Å². The van der Waals surface area contributed by atoms with Crippen LogP contribution in [0.15, 0.2) is 85.2 Å². The summed E-state index contributed by atoms with van der Waals surface area (Å²) in [4.78, 5) is 29.8. The van der Waals surface area contributed by atoms with Crippen molar-refractivity contribution in [2.45, 2.75) is 13.5 Å². The van der Waals surface area contributed by atoms with Crippen LogP contribution >= 0.6 is 0 Å². The number of esters is 1. The standard InChI is InChI=1S/C28H24N4O4/c1-2-35-23(33)16-29-28(34)25-26(36-17-19-10-5-3-6-11-19)22-15-9-14-21(20-12-7-4-8-13-20)24(22)27-30-18-31-32(25)27/h3-15,18H,2,16-17H2,1H3,(H,29,34). The molecule has 1 amide bonds. The average molecular weight is 481 g/mol. The molecule has 2 aromatic heterocycles. The van der Waals surface area contributed by atoms with E-state index in [0.717, 1.165) is 22.1 Å². The topological polar surface area (TPSA) is 94.8 Å². The summed E-state index contributed by atoms with van der Waals surface area (Å²) < 4.78 is 12.7. The summed E-state index contributed by atoms with van der Waals surface area (Å²) in [5.41, 5.74) is 3.55. The van der Waals surface area contributed by atoms with Crippen LogP contribution in [0.5, 0.6) is 5.75 Å². The number of hydrogen-bond donors (Lipinski definition) is 1. The highest BCUT2D eigenvalue weighted by Crippen LogP contribution is 2.38. The Hall–Kier alpha value is -4.72. The fraction of sp³-hybridized carbons (Fsp3) is 0.143. The summed E-state index contributed by atoms with van der Waals surface area (Å²) in [5, 5.41) is 8.51. The quantitative estimate of drug-likeness (QED) is 0.331. The van der Waals surface area contributed by atoms with Gasteiger partial charge in [0, 0.05) is 10.8 Å². The van der Waals surface area contributed by atoms with Gasteiger partial charge in [-0.2, -0.15) is 5.10 Å². The Balaban J connectivity index is 1.69. The molecule has 5 aromatic rings. The van der Waals surface area contributed by atoms with E-state index in [2.05, 4.69) is 15.4 Å². The van der Waals surface area contributed by atoms with E-state index < -0.39 is 11.9 Å². The average Bonchev–Trinajstić information content (AvgIpc) is 3.41. The lowest BCUT2D eigenvalue weighted by Gasteiger charge is -2.18. The van der Waals surface area contributed by atoms with E-state index in [1.54, 1.807) is 6.92 Å². The van der Waals surface area contributed by atoms with Crippen molar-refractivity contribution in [1.82, 2.24) is 19.9 Å². The van der Waals surface area contributed by atoms with Gasteiger partial charge in [0.1, 0.15) is 19.5 Å². The number of amides is 1. The molecule has 0 bridgehead atoms. The molecule has 36 heavy (non-hydrogen) atoms. The van der Waals surface area contributed by atoms with Crippen molar-refractivity contribution in [3.05, 3.63) is 96.4 Å². The number of pyridine rings is 1. The first-order valence-electron chi connectivity index (χ1n) is 11.6. The molecule has 0 unspecified atom stereocenters. The van der Waals surface area contributed by atoms with Gasteiger partial charge in [0.2, 0.25) is 0 Å². The SMILES string of the molecule is CCOC(=O)CNC(=O)c1c(OCc2ccccc2)c2cccc(-c3ccccc3)c2c2ncnn12. The molecular weight excluding hydrogens is 456 g/mol. The van der Waals surface area contributed by atoms with E-state index >= 15 is 0 Å². The molecule has 0 fully saturated rings. The Bertz CT molecular complexity index is 1530. The van der Waals surface area contributed by atoms with Crippen LogP contribution in [-0.4, -0.2) is 39.6 Å². The summed E-state index contributed by atoms with van der Waals surface area (Å²) in [6.07, 6.45) is 1.40. The van der Waals surface area contributed by atoms with Crippen molar-refractivity contribution in [3.8, 4) is 16.9 Å². The third-order valence-corrected chi connectivity index (χ3v) is 5.73. The van der Waals surface area contributed by atoms with Crippen molar-refractivity contribution in [2.24, 2.45) is 0 Å². The molecule has 0 aliphatic rings. The number of benzene rings is 3. The lowest BCUT2D eigenvalue weighted by atomic mass is 9.98. The van der Waals surface area contributed by atoms with Gasteiger partial charge in [0.25, 0.3) is 5.91 Å². The molecule has 8 nitrogen and oxygen atoms in total. The predicted octanol–water partition coefficient (Wildman–Crippen LogP) is 4.42.